The van der Waals surface area contributed by atoms with Gasteiger partial charge in [-0.25, -0.2) is 9.80 Å². The molecule has 2 aromatic heterocycles. The van der Waals surface area contributed by atoms with Crippen LogP contribution in [0.1, 0.15) is 61.6 Å². The van der Waals surface area contributed by atoms with E-state index in [2.05, 4.69) is 14.9 Å². The quantitative estimate of drug-likeness (QED) is 0.206. The van der Waals surface area contributed by atoms with Crippen LogP contribution in [0.2, 0.25) is 5.02 Å². The van der Waals surface area contributed by atoms with Crippen LogP contribution in [0.4, 0.5) is 17.8 Å². The van der Waals surface area contributed by atoms with Gasteiger partial charge in [0.15, 0.2) is 0 Å². The summed E-state index contributed by atoms with van der Waals surface area (Å²) in [6.45, 7) is 5.84. The number of carbonyl (C=O) groups is 1. The summed E-state index contributed by atoms with van der Waals surface area (Å²) in [5, 5.41) is 6.53. The van der Waals surface area contributed by atoms with Crippen molar-refractivity contribution < 1.29 is 13.9 Å². The lowest BCUT2D eigenvalue weighted by atomic mass is 10.1. The topological polar surface area (TPSA) is 100 Å². The molecule has 0 saturated carbocycles. The second kappa shape index (κ2) is 12.5. The lowest BCUT2D eigenvalue weighted by Crippen LogP contribution is -2.35. The van der Waals surface area contributed by atoms with Gasteiger partial charge in [0, 0.05) is 38.8 Å². The zero-order valence-corrected chi connectivity index (χ0v) is 23.2. The molecule has 0 atom stereocenters. The third-order valence-corrected chi connectivity index (χ3v) is 7.23. The molecule has 0 amide bonds. The van der Waals surface area contributed by atoms with E-state index in [-0.39, 0.29) is 6.61 Å². The van der Waals surface area contributed by atoms with E-state index < -0.39 is 5.97 Å². The predicted molar refractivity (Wildman–Crippen MR) is 153 cm³/mol. The highest BCUT2D eigenvalue weighted by Gasteiger charge is 2.21. The Labute approximate surface area is 233 Å². The predicted octanol–water partition coefficient (Wildman–Crippen LogP) is 5.41. The molecular weight excluding hydrogens is 518 g/mol. The average molecular weight is 552 g/mol. The first-order chi connectivity index (χ1) is 19.0. The monoisotopic (exact) mass is 551 g/mol. The van der Waals surface area contributed by atoms with Crippen molar-refractivity contribution in [2.24, 2.45) is 5.10 Å². The summed E-state index contributed by atoms with van der Waals surface area (Å²) >= 11 is 6.20. The van der Waals surface area contributed by atoms with Gasteiger partial charge in [-0.2, -0.15) is 20.1 Å². The maximum Gasteiger partial charge on any atom is 0.339 e. The van der Waals surface area contributed by atoms with E-state index in [1.807, 2.05) is 19.2 Å². The fourth-order valence-electron chi connectivity index (χ4n) is 4.78. The number of benzene rings is 1. The van der Waals surface area contributed by atoms with E-state index in [0.717, 1.165) is 51.9 Å². The molecule has 3 aromatic rings. The van der Waals surface area contributed by atoms with Crippen LogP contribution in [0, 0.1) is 0 Å². The molecule has 206 valence electrons. The molecule has 0 unspecified atom stereocenters. The highest BCUT2D eigenvalue weighted by atomic mass is 35.5. The largest absolute Gasteiger partial charge is 0.462 e. The Morgan fingerprint density at radius 1 is 1.00 bits per heavy atom. The second-order valence-electron chi connectivity index (χ2n) is 9.72. The number of hydrogen-bond acceptors (Lipinski definition) is 10. The highest BCUT2D eigenvalue weighted by Crippen LogP contribution is 2.28. The third-order valence-electron chi connectivity index (χ3n) is 6.90. The standard InChI is InChI=1S/C28H34ClN7O3/c1-3-38-25(37)22-18-20(10-12-23(22)29)24-13-11-21(39-24)19-30-34(2)26-31-27(35-14-6-4-7-15-35)33-28(32-26)36-16-8-5-9-17-36/h10-13,18-19H,3-9,14-17H2,1-2H3/b30-19-. The van der Waals surface area contributed by atoms with Crippen LogP contribution >= 0.6 is 11.6 Å². The molecule has 1 aromatic carbocycles. The summed E-state index contributed by atoms with van der Waals surface area (Å²) in [4.78, 5) is 31.1. The number of nitrogens with zero attached hydrogens (tertiary/aromatic N) is 7. The number of piperidine rings is 2. The number of carbonyl (C=O) groups excluding carboxylic acids is 1. The van der Waals surface area contributed by atoms with E-state index in [1.165, 1.54) is 12.8 Å². The number of anilines is 3. The number of hydrazone groups is 1. The van der Waals surface area contributed by atoms with Crippen molar-refractivity contribution in [2.75, 3.05) is 54.6 Å². The first-order valence-corrected chi connectivity index (χ1v) is 14.0. The second-order valence-corrected chi connectivity index (χ2v) is 10.1. The van der Waals surface area contributed by atoms with E-state index in [9.17, 15) is 4.79 Å². The van der Waals surface area contributed by atoms with Crippen molar-refractivity contribution in [3.8, 4) is 11.3 Å². The number of hydrogen-bond donors (Lipinski definition) is 0. The van der Waals surface area contributed by atoms with E-state index >= 15 is 0 Å². The van der Waals surface area contributed by atoms with Crippen molar-refractivity contribution in [1.82, 2.24) is 15.0 Å². The first-order valence-electron chi connectivity index (χ1n) is 13.6. The molecule has 4 heterocycles. The van der Waals surface area contributed by atoms with Crippen LogP contribution in [0.3, 0.4) is 0 Å². The molecule has 10 nitrogen and oxygen atoms in total. The zero-order chi connectivity index (χ0) is 27.2. The number of aromatic nitrogens is 3. The number of ether oxygens (including phenoxy) is 1. The minimum atomic E-state index is -0.468. The van der Waals surface area contributed by atoms with E-state index in [1.54, 1.807) is 36.3 Å². The fraction of sp³-hybridized carbons (Fsp3) is 0.464. The van der Waals surface area contributed by atoms with Gasteiger partial charge in [0.1, 0.15) is 11.5 Å². The van der Waals surface area contributed by atoms with Crippen LogP contribution in [-0.4, -0.2) is 67.0 Å². The number of furan rings is 1. The summed E-state index contributed by atoms with van der Waals surface area (Å²) in [5.74, 6) is 2.58. The van der Waals surface area contributed by atoms with Crippen molar-refractivity contribution in [3.05, 3.63) is 46.7 Å². The molecule has 2 fully saturated rings. The summed E-state index contributed by atoms with van der Waals surface area (Å²) in [6.07, 6.45) is 8.67. The minimum absolute atomic E-state index is 0.272. The molecule has 2 saturated heterocycles. The molecule has 0 N–H and O–H groups in total. The van der Waals surface area contributed by atoms with Crippen molar-refractivity contribution in [1.29, 1.82) is 0 Å². The summed E-state index contributed by atoms with van der Waals surface area (Å²) in [7, 11) is 1.82. The van der Waals surface area contributed by atoms with Gasteiger partial charge in [-0.3, -0.25) is 0 Å². The Hall–Kier alpha value is -3.66. The molecular formula is C28H34ClN7O3. The van der Waals surface area contributed by atoms with Gasteiger partial charge in [-0.15, -0.1) is 0 Å². The fourth-order valence-corrected chi connectivity index (χ4v) is 4.97. The molecule has 2 aliphatic heterocycles. The Morgan fingerprint density at radius 3 is 2.26 bits per heavy atom. The average Bonchev–Trinajstić information content (AvgIpc) is 3.46. The lowest BCUT2D eigenvalue weighted by Gasteiger charge is -2.30. The Bertz CT molecular complexity index is 1280. The third kappa shape index (κ3) is 6.50. The molecule has 5 rings (SSSR count). The van der Waals surface area contributed by atoms with Crippen LogP contribution in [-0.2, 0) is 4.74 Å². The molecule has 0 bridgehead atoms. The normalized spacial score (nSPS) is 16.1. The summed E-state index contributed by atoms with van der Waals surface area (Å²) < 4.78 is 11.1. The summed E-state index contributed by atoms with van der Waals surface area (Å²) in [5.41, 5.74) is 1.01. The number of halogens is 1. The van der Waals surface area contributed by atoms with Gasteiger partial charge >= 0.3 is 5.97 Å². The maximum atomic E-state index is 12.2. The number of esters is 1. The Morgan fingerprint density at radius 2 is 1.64 bits per heavy atom. The number of rotatable bonds is 8. The van der Waals surface area contributed by atoms with Crippen LogP contribution in [0.5, 0.6) is 0 Å². The SMILES string of the molecule is CCOC(=O)c1cc(-c2ccc(/C=N\N(C)c3nc(N4CCCCC4)nc(N4CCCCC4)n3)o2)ccc1Cl. The Balaban J connectivity index is 1.36. The smallest absolute Gasteiger partial charge is 0.339 e. The molecule has 11 heteroatoms. The Kier molecular flexibility index (Phi) is 8.61. The van der Waals surface area contributed by atoms with Crippen LogP contribution in [0.15, 0.2) is 39.9 Å². The van der Waals surface area contributed by atoms with Gasteiger partial charge < -0.3 is 19.0 Å². The molecule has 39 heavy (non-hydrogen) atoms. The summed E-state index contributed by atoms with van der Waals surface area (Å²) in [6, 6.07) is 8.77. The van der Waals surface area contributed by atoms with Gasteiger partial charge in [-0.05, 0) is 75.8 Å². The molecule has 0 radical (unpaired) electrons. The van der Waals surface area contributed by atoms with Crippen LogP contribution in [0.25, 0.3) is 11.3 Å². The maximum absolute atomic E-state index is 12.2. The van der Waals surface area contributed by atoms with Gasteiger partial charge in [-0.1, -0.05) is 11.6 Å². The van der Waals surface area contributed by atoms with Crippen molar-refractivity contribution >= 4 is 41.6 Å². The molecule has 0 aliphatic carbocycles. The first kappa shape index (κ1) is 26.9. The van der Waals surface area contributed by atoms with E-state index in [4.69, 9.17) is 35.7 Å². The van der Waals surface area contributed by atoms with Crippen molar-refractivity contribution in [2.45, 2.75) is 45.4 Å². The lowest BCUT2D eigenvalue weighted by molar-refractivity contribution is 0.0526. The molecule has 2 aliphatic rings. The van der Waals surface area contributed by atoms with E-state index in [0.29, 0.717) is 45.5 Å². The van der Waals surface area contributed by atoms with Gasteiger partial charge in [0.05, 0.1) is 23.4 Å². The van der Waals surface area contributed by atoms with Gasteiger partial charge in [0.2, 0.25) is 11.9 Å². The zero-order valence-electron chi connectivity index (χ0n) is 22.5. The van der Waals surface area contributed by atoms with Crippen molar-refractivity contribution in [3.63, 3.8) is 0 Å². The van der Waals surface area contributed by atoms with Crippen LogP contribution < -0.4 is 14.8 Å². The van der Waals surface area contributed by atoms with Gasteiger partial charge in [0.25, 0.3) is 5.95 Å². The highest BCUT2D eigenvalue weighted by molar-refractivity contribution is 6.33. The minimum Gasteiger partial charge on any atom is -0.462 e. The molecule has 0 spiro atoms.